The van der Waals surface area contributed by atoms with Crippen molar-refractivity contribution in [1.29, 1.82) is 0 Å². The SMILES string of the molecule is Cc1c(Cl)nc(C2CC2)nc1NCc1ccc(Cl)cc1. The zero-order chi connectivity index (χ0) is 14.1. The molecular formula is C15H15Cl2N3. The minimum Gasteiger partial charge on any atom is -0.366 e. The second-order valence-electron chi connectivity index (χ2n) is 5.10. The van der Waals surface area contributed by atoms with E-state index in [1.807, 2.05) is 31.2 Å². The average molecular weight is 308 g/mol. The number of anilines is 1. The minimum atomic E-state index is 0.490. The first kappa shape index (κ1) is 13.7. The molecule has 20 heavy (non-hydrogen) atoms. The first-order chi connectivity index (χ1) is 9.63. The molecule has 1 aliphatic carbocycles. The molecule has 1 aromatic heterocycles. The predicted molar refractivity (Wildman–Crippen MR) is 82.5 cm³/mol. The van der Waals surface area contributed by atoms with E-state index >= 15 is 0 Å². The third-order valence-corrected chi connectivity index (χ3v) is 4.04. The fourth-order valence-electron chi connectivity index (χ4n) is 1.99. The lowest BCUT2D eigenvalue weighted by molar-refractivity contribution is 0.911. The molecule has 0 atom stereocenters. The van der Waals surface area contributed by atoms with Gasteiger partial charge in [0.25, 0.3) is 0 Å². The summed E-state index contributed by atoms with van der Waals surface area (Å²) >= 11 is 12.1. The Morgan fingerprint density at radius 1 is 1.15 bits per heavy atom. The van der Waals surface area contributed by atoms with Crippen molar-refractivity contribution in [3.63, 3.8) is 0 Å². The van der Waals surface area contributed by atoms with Gasteiger partial charge in [0.1, 0.15) is 16.8 Å². The predicted octanol–water partition coefficient (Wildman–Crippen LogP) is 4.58. The van der Waals surface area contributed by atoms with Crippen LogP contribution in [0.1, 0.15) is 35.7 Å². The van der Waals surface area contributed by atoms with Crippen molar-refractivity contribution in [2.24, 2.45) is 0 Å². The summed E-state index contributed by atoms with van der Waals surface area (Å²) in [7, 11) is 0. The molecule has 3 nitrogen and oxygen atoms in total. The quantitative estimate of drug-likeness (QED) is 0.840. The Morgan fingerprint density at radius 3 is 2.50 bits per heavy atom. The van der Waals surface area contributed by atoms with E-state index in [0.717, 1.165) is 40.6 Å². The summed E-state index contributed by atoms with van der Waals surface area (Å²) in [5, 5.41) is 4.62. The van der Waals surface area contributed by atoms with Crippen LogP contribution in [0, 0.1) is 6.92 Å². The first-order valence-electron chi connectivity index (χ1n) is 6.66. The van der Waals surface area contributed by atoms with Gasteiger partial charge in [-0.15, -0.1) is 0 Å². The lowest BCUT2D eigenvalue weighted by Crippen LogP contribution is -2.07. The number of rotatable bonds is 4. The molecule has 1 aromatic carbocycles. The van der Waals surface area contributed by atoms with Crippen molar-refractivity contribution in [2.75, 3.05) is 5.32 Å². The summed E-state index contributed by atoms with van der Waals surface area (Å²) in [6.07, 6.45) is 2.33. The molecule has 0 bridgehead atoms. The largest absolute Gasteiger partial charge is 0.366 e. The van der Waals surface area contributed by atoms with Crippen LogP contribution in [0.2, 0.25) is 10.2 Å². The molecule has 5 heteroatoms. The van der Waals surface area contributed by atoms with Gasteiger partial charge in [0.2, 0.25) is 0 Å². The van der Waals surface area contributed by atoms with E-state index < -0.39 is 0 Å². The van der Waals surface area contributed by atoms with Gasteiger partial charge in [0, 0.05) is 23.0 Å². The Bertz CT molecular complexity index is 622. The van der Waals surface area contributed by atoms with Crippen molar-refractivity contribution in [3.05, 3.63) is 51.4 Å². The number of aromatic nitrogens is 2. The summed E-state index contributed by atoms with van der Waals surface area (Å²) in [6, 6.07) is 7.76. The summed E-state index contributed by atoms with van der Waals surface area (Å²) in [4.78, 5) is 8.95. The summed E-state index contributed by atoms with van der Waals surface area (Å²) in [5.41, 5.74) is 2.04. The Hall–Kier alpha value is -1.32. The van der Waals surface area contributed by atoms with Crippen molar-refractivity contribution in [3.8, 4) is 0 Å². The van der Waals surface area contributed by atoms with E-state index in [1.54, 1.807) is 0 Å². The molecule has 3 rings (SSSR count). The zero-order valence-corrected chi connectivity index (χ0v) is 12.7. The number of hydrogen-bond acceptors (Lipinski definition) is 3. The van der Waals surface area contributed by atoms with Gasteiger partial charge in [-0.3, -0.25) is 0 Å². The second kappa shape index (κ2) is 5.58. The van der Waals surface area contributed by atoms with Crippen molar-refractivity contribution in [2.45, 2.75) is 32.2 Å². The molecule has 104 valence electrons. The molecule has 0 amide bonds. The lowest BCUT2D eigenvalue weighted by Gasteiger charge is -2.11. The summed E-state index contributed by atoms with van der Waals surface area (Å²) in [5.74, 6) is 2.17. The Labute approximate surface area is 128 Å². The number of halogens is 2. The van der Waals surface area contributed by atoms with E-state index in [1.165, 1.54) is 0 Å². The van der Waals surface area contributed by atoms with Crippen LogP contribution in [-0.4, -0.2) is 9.97 Å². The fourth-order valence-corrected chi connectivity index (χ4v) is 2.29. The number of benzene rings is 1. The maximum absolute atomic E-state index is 6.18. The maximum Gasteiger partial charge on any atom is 0.137 e. The molecular weight excluding hydrogens is 293 g/mol. The van der Waals surface area contributed by atoms with Crippen LogP contribution in [0.5, 0.6) is 0 Å². The van der Waals surface area contributed by atoms with E-state index in [0.29, 0.717) is 17.6 Å². The normalized spacial score (nSPS) is 14.3. The highest BCUT2D eigenvalue weighted by atomic mass is 35.5. The maximum atomic E-state index is 6.18. The van der Waals surface area contributed by atoms with Crippen LogP contribution >= 0.6 is 23.2 Å². The van der Waals surface area contributed by atoms with Gasteiger partial charge in [-0.05, 0) is 37.5 Å². The topological polar surface area (TPSA) is 37.8 Å². The van der Waals surface area contributed by atoms with E-state index in [9.17, 15) is 0 Å². The number of hydrogen-bond donors (Lipinski definition) is 1. The van der Waals surface area contributed by atoms with Crippen molar-refractivity contribution in [1.82, 2.24) is 9.97 Å². The average Bonchev–Trinajstić information content (AvgIpc) is 3.26. The molecule has 1 aliphatic rings. The van der Waals surface area contributed by atoms with Crippen molar-refractivity contribution < 1.29 is 0 Å². The van der Waals surface area contributed by atoms with Gasteiger partial charge in [0.05, 0.1) is 0 Å². The molecule has 0 aliphatic heterocycles. The first-order valence-corrected chi connectivity index (χ1v) is 7.41. The Morgan fingerprint density at radius 2 is 1.85 bits per heavy atom. The highest BCUT2D eigenvalue weighted by Crippen LogP contribution is 2.39. The molecule has 1 N–H and O–H groups in total. The van der Waals surface area contributed by atoms with Gasteiger partial charge < -0.3 is 5.32 Å². The Kier molecular flexibility index (Phi) is 3.81. The van der Waals surface area contributed by atoms with E-state index in [2.05, 4.69) is 15.3 Å². The van der Waals surface area contributed by atoms with Gasteiger partial charge in [-0.1, -0.05) is 35.3 Å². The third kappa shape index (κ3) is 3.05. The van der Waals surface area contributed by atoms with Crippen LogP contribution in [-0.2, 0) is 6.54 Å². The molecule has 0 unspecified atom stereocenters. The second-order valence-corrected chi connectivity index (χ2v) is 5.89. The van der Waals surface area contributed by atoms with E-state index in [-0.39, 0.29) is 0 Å². The third-order valence-electron chi connectivity index (χ3n) is 3.42. The minimum absolute atomic E-state index is 0.490. The molecule has 0 radical (unpaired) electrons. The Balaban J connectivity index is 1.77. The highest BCUT2D eigenvalue weighted by molar-refractivity contribution is 6.30. The van der Waals surface area contributed by atoms with E-state index in [4.69, 9.17) is 23.2 Å². The smallest absolute Gasteiger partial charge is 0.137 e. The van der Waals surface area contributed by atoms with Crippen LogP contribution in [0.4, 0.5) is 5.82 Å². The molecule has 0 spiro atoms. The zero-order valence-electron chi connectivity index (χ0n) is 11.2. The molecule has 1 heterocycles. The summed E-state index contributed by atoms with van der Waals surface area (Å²) in [6.45, 7) is 2.62. The number of nitrogens with zero attached hydrogens (tertiary/aromatic N) is 2. The molecule has 1 fully saturated rings. The monoisotopic (exact) mass is 307 g/mol. The van der Waals surface area contributed by atoms with Gasteiger partial charge in [0.15, 0.2) is 0 Å². The fraction of sp³-hybridized carbons (Fsp3) is 0.333. The standard InChI is InChI=1S/C15H15Cl2N3/c1-9-13(17)19-15(11-4-5-11)20-14(9)18-8-10-2-6-12(16)7-3-10/h2-3,6-7,11H,4-5,8H2,1H3,(H,18,19,20). The van der Waals surface area contributed by atoms with Crippen molar-refractivity contribution >= 4 is 29.0 Å². The number of nitrogens with one attached hydrogen (secondary N) is 1. The lowest BCUT2D eigenvalue weighted by atomic mass is 10.2. The molecule has 0 saturated heterocycles. The van der Waals surface area contributed by atoms with Crippen LogP contribution in [0.25, 0.3) is 0 Å². The summed E-state index contributed by atoms with van der Waals surface area (Å²) < 4.78 is 0. The van der Waals surface area contributed by atoms with Gasteiger partial charge in [-0.2, -0.15) is 0 Å². The highest BCUT2D eigenvalue weighted by Gasteiger charge is 2.27. The van der Waals surface area contributed by atoms with Gasteiger partial charge in [-0.25, -0.2) is 9.97 Å². The van der Waals surface area contributed by atoms with Crippen LogP contribution in [0.3, 0.4) is 0 Å². The van der Waals surface area contributed by atoms with Crippen LogP contribution < -0.4 is 5.32 Å². The van der Waals surface area contributed by atoms with Gasteiger partial charge >= 0.3 is 0 Å². The van der Waals surface area contributed by atoms with Crippen LogP contribution in [0.15, 0.2) is 24.3 Å². The molecule has 1 saturated carbocycles. The molecule has 2 aromatic rings.